The molecule has 0 aliphatic carbocycles. The molecule has 0 spiro atoms. The van der Waals surface area contributed by atoms with Crippen molar-refractivity contribution in [1.29, 1.82) is 0 Å². The molecule has 1 N–H and O–H groups in total. The van der Waals surface area contributed by atoms with Crippen molar-refractivity contribution in [1.82, 2.24) is 4.90 Å². The minimum absolute atomic E-state index is 0.154. The summed E-state index contributed by atoms with van der Waals surface area (Å²) in [5, 5.41) is 8.35. The second-order valence-electron chi connectivity index (χ2n) is 2.19. The van der Waals surface area contributed by atoms with Crippen LogP contribution < -0.4 is 0 Å². The van der Waals surface area contributed by atoms with Gasteiger partial charge in [-0.05, 0) is 0 Å². The number of nitrogens with zero attached hydrogens (tertiary/aromatic N) is 1. The zero-order chi connectivity index (χ0) is 9.56. The Morgan fingerprint density at radius 1 is 1.50 bits per heavy atom. The summed E-state index contributed by atoms with van der Waals surface area (Å²) in [5.74, 6) is -1.44. The minimum atomic E-state index is -1.11. The van der Waals surface area contributed by atoms with E-state index in [1.54, 1.807) is 6.92 Å². The van der Waals surface area contributed by atoms with Gasteiger partial charge in [0.25, 0.3) is 0 Å². The van der Waals surface area contributed by atoms with Crippen LogP contribution in [0.2, 0.25) is 0 Å². The second-order valence-corrected chi connectivity index (χ2v) is 2.19. The molecule has 0 aromatic rings. The molecule has 0 fully saturated rings. The molecule has 0 aliphatic heterocycles. The molecule has 12 heavy (non-hydrogen) atoms. The molecule has 5 nitrogen and oxygen atoms in total. The maximum atomic E-state index is 10.9. The van der Waals surface area contributed by atoms with Crippen LogP contribution in [0.5, 0.6) is 0 Å². The highest BCUT2D eigenvalue weighted by Gasteiger charge is 2.13. The van der Waals surface area contributed by atoms with E-state index in [1.807, 2.05) is 0 Å². The van der Waals surface area contributed by atoms with Gasteiger partial charge in [-0.25, -0.2) is 0 Å². The van der Waals surface area contributed by atoms with Crippen molar-refractivity contribution in [2.45, 2.75) is 13.3 Å². The van der Waals surface area contributed by atoms with Gasteiger partial charge in [0.1, 0.15) is 12.8 Å². The van der Waals surface area contributed by atoms with Crippen LogP contribution in [0.25, 0.3) is 0 Å². The van der Waals surface area contributed by atoms with Crippen LogP contribution in [-0.2, 0) is 14.4 Å². The summed E-state index contributed by atoms with van der Waals surface area (Å²) in [6.07, 6.45) is 0.720. The zero-order valence-electron chi connectivity index (χ0n) is 6.82. The van der Waals surface area contributed by atoms with E-state index >= 15 is 0 Å². The minimum Gasteiger partial charge on any atom is -0.480 e. The highest BCUT2D eigenvalue weighted by molar-refractivity contribution is 5.82. The molecule has 68 valence electrons. The molecule has 0 rings (SSSR count). The summed E-state index contributed by atoms with van der Waals surface area (Å²) in [7, 11) is 0. The van der Waals surface area contributed by atoms with Crippen molar-refractivity contribution in [2.75, 3.05) is 13.1 Å². The van der Waals surface area contributed by atoms with Crippen molar-refractivity contribution in [3.8, 4) is 0 Å². The third-order valence-corrected chi connectivity index (χ3v) is 1.28. The number of amides is 1. The van der Waals surface area contributed by atoms with E-state index in [1.165, 1.54) is 0 Å². The van der Waals surface area contributed by atoms with Crippen LogP contribution in [-0.4, -0.2) is 41.3 Å². The number of aldehydes is 1. The topological polar surface area (TPSA) is 74.7 Å². The Morgan fingerprint density at radius 3 is 2.42 bits per heavy atom. The summed E-state index contributed by atoms with van der Waals surface area (Å²) in [4.78, 5) is 32.2. The van der Waals surface area contributed by atoms with Crippen LogP contribution in [0.4, 0.5) is 0 Å². The molecule has 0 atom stereocenters. The highest BCUT2D eigenvalue weighted by atomic mass is 16.4. The highest BCUT2D eigenvalue weighted by Crippen LogP contribution is 1.91. The molecule has 1 amide bonds. The Kier molecular flexibility index (Phi) is 4.67. The van der Waals surface area contributed by atoms with Gasteiger partial charge in [-0.15, -0.1) is 0 Å². The Balaban J connectivity index is 4.11. The van der Waals surface area contributed by atoms with Crippen LogP contribution in [0, 0.1) is 0 Å². The molecule has 0 aliphatic rings. The number of carboxylic acids is 1. The Labute approximate surface area is 70.0 Å². The summed E-state index contributed by atoms with van der Waals surface area (Å²) in [5.41, 5.74) is 0. The fourth-order valence-electron chi connectivity index (χ4n) is 0.731. The predicted molar refractivity (Wildman–Crippen MR) is 40.6 cm³/mol. The fraction of sp³-hybridized carbons (Fsp3) is 0.571. The number of carbonyl (C=O) groups is 3. The van der Waals surface area contributed by atoms with Crippen LogP contribution in [0.3, 0.4) is 0 Å². The van der Waals surface area contributed by atoms with Crippen molar-refractivity contribution in [3.63, 3.8) is 0 Å². The fourth-order valence-corrected chi connectivity index (χ4v) is 0.731. The zero-order valence-corrected chi connectivity index (χ0v) is 6.82. The molecule has 0 radical (unpaired) electrons. The van der Waals surface area contributed by atoms with Gasteiger partial charge in [-0.1, -0.05) is 6.92 Å². The van der Waals surface area contributed by atoms with Gasteiger partial charge < -0.3 is 14.8 Å². The lowest BCUT2D eigenvalue weighted by Gasteiger charge is -2.16. The first kappa shape index (κ1) is 10.6. The van der Waals surface area contributed by atoms with E-state index in [-0.39, 0.29) is 18.9 Å². The third-order valence-electron chi connectivity index (χ3n) is 1.28. The molecular formula is C7H11NO4. The van der Waals surface area contributed by atoms with Gasteiger partial charge >= 0.3 is 5.97 Å². The van der Waals surface area contributed by atoms with Crippen LogP contribution >= 0.6 is 0 Å². The average Bonchev–Trinajstić information content (AvgIpc) is 2.01. The van der Waals surface area contributed by atoms with E-state index in [0.717, 1.165) is 4.90 Å². The van der Waals surface area contributed by atoms with E-state index in [4.69, 9.17) is 5.11 Å². The summed E-state index contributed by atoms with van der Waals surface area (Å²) < 4.78 is 0. The Hall–Kier alpha value is -1.39. The number of hydrogen-bond acceptors (Lipinski definition) is 3. The van der Waals surface area contributed by atoms with Gasteiger partial charge in [-0.3, -0.25) is 9.59 Å². The summed E-state index contributed by atoms with van der Waals surface area (Å²) >= 11 is 0. The number of rotatable bonds is 5. The quantitative estimate of drug-likeness (QED) is 0.569. The molecule has 0 saturated carbocycles. The molecule has 5 heteroatoms. The molecular weight excluding hydrogens is 162 g/mol. The molecule has 0 unspecified atom stereocenters. The number of hydrogen-bond donors (Lipinski definition) is 1. The average molecular weight is 173 g/mol. The van der Waals surface area contributed by atoms with Crippen molar-refractivity contribution >= 4 is 18.2 Å². The van der Waals surface area contributed by atoms with Gasteiger partial charge in [0.15, 0.2) is 0 Å². The third kappa shape index (κ3) is 3.70. The summed E-state index contributed by atoms with van der Waals surface area (Å²) in [6, 6.07) is 0. The SMILES string of the molecule is CCC(=O)N(CC=O)CC(=O)O. The van der Waals surface area contributed by atoms with Gasteiger partial charge in [0.05, 0.1) is 6.54 Å². The van der Waals surface area contributed by atoms with Gasteiger partial charge in [-0.2, -0.15) is 0 Å². The van der Waals surface area contributed by atoms with E-state index in [9.17, 15) is 14.4 Å². The van der Waals surface area contributed by atoms with Gasteiger partial charge in [0, 0.05) is 6.42 Å². The van der Waals surface area contributed by atoms with E-state index < -0.39 is 12.5 Å². The number of carboxylic acid groups (broad SMARTS) is 1. The number of aliphatic carboxylic acids is 1. The van der Waals surface area contributed by atoms with Gasteiger partial charge in [0.2, 0.25) is 5.91 Å². The summed E-state index contributed by atoms with van der Waals surface area (Å²) in [6.45, 7) is 1.05. The first-order valence-electron chi connectivity index (χ1n) is 3.55. The maximum absolute atomic E-state index is 10.9. The molecule has 0 saturated heterocycles. The Morgan fingerprint density at radius 2 is 2.08 bits per heavy atom. The first-order chi connectivity index (χ1) is 5.61. The van der Waals surface area contributed by atoms with E-state index in [2.05, 4.69) is 0 Å². The molecule has 0 bridgehead atoms. The lowest BCUT2D eigenvalue weighted by molar-refractivity contribution is -0.144. The maximum Gasteiger partial charge on any atom is 0.323 e. The standard InChI is InChI=1S/C7H11NO4/c1-2-6(10)8(3-4-9)5-7(11)12/h4H,2-3,5H2,1H3,(H,11,12). The van der Waals surface area contributed by atoms with E-state index in [0.29, 0.717) is 6.29 Å². The molecule has 0 aromatic heterocycles. The largest absolute Gasteiger partial charge is 0.480 e. The monoisotopic (exact) mass is 173 g/mol. The van der Waals surface area contributed by atoms with Crippen LogP contribution in [0.15, 0.2) is 0 Å². The molecule has 0 aromatic carbocycles. The smallest absolute Gasteiger partial charge is 0.323 e. The molecule has 0 heterocycles. The van der Waals surface area contributed by atoms with Crippen molar-refractivity contribution in [3.05, 3.63) is 0 Å². The lowest BCUT2D eigenvalue weighted by Crippen LogP contribution is -2.36. The van der Waals surface area contributed by atoms with Crippen LogP contribution in [0.1, 0.15) is 13.3 Å². The first-order valence-corrected chi connectivity index (χ1v) is 3.55. The second kappa shape index (κ2) is 5.29. The number of carbonyl (C=O) groups excluding carboxylic acids is 2. The van der Waals surface area contributed by atoms with Crippen molar-refractivity contribution in [2.24, 2.45) is 0 Å². The lowest BCUT2D eigenvalue weighted by atomic mass is 10.4. The predicted octanol–water partition coefficient (Wildman–Crippen LogP) is -0.491. The normalized spacial score (nSPS) is 9.08. The van der Waals surface area contributed by atoms with Crippen molar-refractivity contribution < 1.29 is 19.5 Å². The Bertz CT molecular complexity index is 190.